The molecule has 3 N–H and O–H groups in total. The van der Waals surface area contributed by atoms with Gasteiger partial charge in [0.15, 0.2) is 29.9 Å². The maximum atomic E-state index is 13.9. The third kappa shape index (κ3) is 9.99. The lowest BCUT2D eigenvalue weighted by atomic mass is 9.86. The summed E-state index contributed by atoms with van der Waals surface area (Å²) in [5.74, 6) is -0.186. The third-order valence-corrected chi connectivity index (χ3v) is 11.0. The highest BCUT2D eigenvalue weighted by molar-refractivity contribution is 6.35. The Kier molecular flexibility index (Phi) is 13.5. The van der Waals surface area contributed by atoms with Crippen LogP contribution in [0.5, 0.6) is 17.2 Å². The van der Waals surface area contributed by atoms with Crippen LogP contribution in [0.4, 0.5) is 14.5 Å². The molecule has 8 rings (SSSR count). The van der Waals surface area contributed by atoms with Gasteiger partial charge in [0.1, 0.15) is 28.0 Å². The maximum Gasteiger partial charge on any atom is 0.387 e. The van der Waals surface area contributed by atoms with Gasteiger partial charge < -0.3 is 34.5 Å². The molecule has 1 aromatic heterocycles. The molecule has 3 aliphatic heterocycles. The van der Waals surface area contributed by atoms with E-state index in [1.807, 2.05) is 30.3 Å². The minimum absolute atomic E-state index is 0. The molecule has 298 valence electrons. The summed E-state index contributed by atoms with van der Waals surface area (Å²) in [4.78, 5) is 32.9. The van der Waals surface area contributed by atoms with Crippen molar-refractivity contribution in [1.82, 2.24) is 4.90 Å². The van der Waals surface area contributed by atoms with Crippen molar-refractivity contribution in [3.8, 4) is 17.2 Å². The van der Waals surface area contributed by atoms with Gasteiger partial charge in [-0.05, 0) is 92.1 Å². The predicted octanol–water partition coefficient (Wildman–Crippen LogP) is 7.96. The van der Waals surface area contributed by atoms with Crippen LogP contribution in [-0.2, 0) is 20.7 Å². The average molecular weight is 815 g/mol. The number of nitrogens with zero attached hydrogens (tertiary/aromatic N) is 1. The number of anilines is 1. The van der Waals surface area contributed by atoms with Crippen LogP contribution in [0, 0.1) is 11.8 Å². The quantitative estimate of drug-likeness (QED) is 0.111. The zero-order valence-electron chi connectivity index (χ0n) is 30.6. The number of esters is 2. The lowest BCUT2D eigenvalue weighted by Gasteiger charge is -2.44. The zero-order chi connectivity index (χ0) is 38.5. The molecule has 3 aromatic carbocycles. The Morgan fingerprint density at radius 1 is 0.911 bits per heavy atom. The summed E-state index contributed by atoms with van der Waals surface area (Å²) in [5.41, 5.74) is 2.27. The molecule has 1 aliphatic carbocycles. The van der Waals surface area contributed by atoms with Gasteiger partial charge in [-0.15, -0.1) is 0 Å². The molecule has 15 heteroatoms. The summed E-state index contributed by atoms with van der Waals surface area (Å²) in [6, 6.07) is 17.6. The van der Waals surface area contributed by atoms with Crippen molar-refractivity contribution in [2.75, 3.05) is 38.7 Å². The molecule has 56 heavy (non-hydrogen) atoms. The number of pyridine rings is 1. The van der Waals surface area contributed by atoms with Crippen LogP contribution in [0.3, 0.4) is 0 Å². The Bertz CT molecular complexity index is 1960. The summed E-state index contributed by atoms with van der Waals surface area (Å²) in [7, 11) is 1.46. The summed E-state index contributed by atoms with van der Waals surface area (Å²) in [6.45, 7) is 0.0467. The first kappa shape index (κ1) is 41.0. The highest BCUT2D eigenvalue weighted by Crippen LogP contribution is 2.39. The first-order chi connectivity index (χ1) is 26.6. The molecule has 3 atom stereocenters. The van der Waals surface area contributed by atoms with Gasteiger partial charge in [0.25, 0.3) is 0 Å². The lowest BCUT2D eigenvalue weighted by Crippen LogP contribution is -2.52. The number of hydrogen-bond acceptors (Lipinski definition) is 10. The number of methoxy groups -OCH3 is 1. The molecule has 4 heterocycles. The number of H-pyrrole nitrogens is 1. The molecule has 4 aliphatic rings. The molecular formula is C41H43Cl2F2N3O8. The number of carbonyl (C=O) groups is 2. The van der Waals surface area contributed by atoms with Gasteiger partial charge in [-0.2, -0.15) is 8.78 Å². The Hall–Kier alpha value is -4.69. The van der Waals surface area contributed by atoms with Crippen molar-refractivity contribution < 1.29 is 52.5 Å². The first-order valence-corrected chi connectivity index (χ1v) is 19.1. The third-order valence-electron chi connectivity index (χ3n) is 10.3. The van der Waals surface area contributed by atoms with E-state index in [1.54, 1.807) is 24.5 Å². The largest absolute Gasteiger partial charge is 0.870 e. The number of hydrogen-bond donors (Lipinski definition) is 1. The van der Waals surface area contributed by atoms with Crippen molar-refractivity contribution in [3.63, 3.8) is 0 Å². The van der Waals surface area contributed by atoms with Gasteiger partial charge in [0.2, 0.25) is 0 Å². The van der Waals surface area contributed by atoms with Gasteiger partial charge in [0.05, 0.1) is 25.0 Å². The topological polar surface area (TPSA) is 140 Å². The van der Waals surface area contributed by atoms with Crippen LogP contribution in [0.2, 0.25) is 10.0 Å². The fourth-order valence-electron chi connectivity index (χ4n) is 7.08. The minimum atomic E-state index is -3.06. The van der Waals surface area contributed by atoms with Crippen LogP contribution in [0.25, 0.3) is 0 Å². The van der Waals surface area contributed by atoms with Crippen molar-refractivity contribution in [2.45, 2.75) is 57.0 Å². The van der Waals surface area contributed by atoms with Crippen molar-refractivity contribution in [2.24, 2.45) is 11.8 Å². The monoisotopic (exact) mass is 813 g/mol. The highest BCUT2D eigenvalue weighted by atomic mass is 35.5. The Balaban J connectivity index is 0.00000532. The SMILES string of the molecule is COc1cc(C(=O)O[C@@H](Cc2c(Cl)c[nH+]cc2Cl)c2ccc(OC(F)F)c(OCC3CC3)c2)ccc1NC(C(=O)O[C@H]1CN2CCC1CC2)c1ccccc1.[OH-]. The molecule has 2 bridgehead atoms. The summed E-state index contributed by atoms with van der Waals surface area (Å²) < 4.78 is 55.2. The highest BCUT2D eigenvalue weighted by Gasteiger charge is 2.38. The van der Waals surface area contributed by atoms with Crippen molar-refractivity contribution in [3.05, 3.63) is 111 Å². The first-order valence-electron chi connectivity index (χ1n) is 18.3. The molecule has 4 fully saturated rings. The van der Waals surface area contributed by atoms with E-state index in [4.69, 9.17) is 46.9 Å². The second kappa shape index (κ2) is 18.5. The van der Waals surface area contributed by atoms with Crippen LogP contribution >= 0.6 is 23.2 Å². The normalized spacial score (nSPS) is 19.6. The van der Waals surface area contributed by atoms with Gasteiger partial charge in [-0.3, -0.25) is 4.90 Å². The van der Waals surface area contributed by atoms with E-state index in [1.165, 1.54) is 31.4 Å². The zero-order valence-corrected chi connectivity index (χ0v) is 32.1. The molecule has 3 saturated heterocycles. The van der Waals surface area contributed by atoms with Crippen molar-refractivity contribution >= 4 is 40.8 Å². The van der Waals surface area contributed by atoms with E-state index < -0.39 is 30.7 Å². The van der Waals surface area contributed by atoms with Gasteiger partial charge >= 0.3 is 18.6 Å². The standard InChI is InChI=1S/C41H41Cl2F2N3O7.H2O/c1-51-35-18-28(9-11-32(35)47-38(26-5-3-2-4-6-26)40(50)54-37-22-48-15-13-25(37)14-16-48)39(49)53-34(19-29-30(42)20-46-21-31(29)43)27-10-12-33(55-41(44)45)36(17-27)52-23-24-7-8-24;/h2-6,9-12,17-18,20-21,24-25,34,37-38,41,47H,7-8,13-16,19,22-23H2,1H3;1H2/t34-,37-,38?;/m0./s1. The van der Waals surface area contributed by atoms with Crippen LogP contribution in [0.1, 0.15) is 64.9 Å². The molecule has 0 radical (unpaired) electrons. The number of alkyl halides is 2. The number of halogens is 4. The minimum Gasteiger partial charge on any atom is -0.870 e. The molecule has 4 aromatic rings. The van der Waals surface area contributed by atoms with E-state index in [-0.39, 0.29) is 40.8 Å². The van der Waals surface area contributed by atoms with Crippen LogP contribution in [-0.4, -0.2) is 68.4 Å². The van der Waals surface area contributed by atoms with E-state index >= 15 is 0 Å². The number of fused-ring (bicyclic) bond motifs is 3. The molecule has 11 nitrogen and oxygen atoms in total. The number of nitrogens with one attached hydrogen (secondary N) is 2. The second-order valence-electron chi connectivity index (χ2n) is 14.1. The summed E-state index contributed by atoms with van der Waals surface area (Å²) in [6.07, 6.45) is 5.98. The van der Waals surface area contributed by atoms with Crippen LogP contribution < -0.4 is 24.5 Å². The van der Waals surface area contributed by atoms with Crippen LogP contribution in [0.15, 0.2) is 79.1 Å². The lowest BCUT2D eigenvalue weighted by molar-refractivity contribution is -0.377. The number of rotatable bonds is 16. The fraction of sp³-hybridized carbons (Fsp3) is 0.390. The van der Waals surface area contributed by atoms with Gasteiger partial charge in [-0.1, -0.05) is 59.6 Å². The predicted molar refractivity (Wildman–Crippen MR) is 203 cm³/mol. The van der Waals surface area contributed by atoms with E-state index in [0.717, 1.165) is 45.3 Å². The van der Waals surface area contributed by atoms with E-state index in [0.29, 0.717) is 50.9 Å². The summed E-state index contributed by atoms with van der Waals surface area (Å²) >= 11 is 13.0. The number of aromatic nitrogens is 1. The van der Waals surface area contributed by atoms with E-state index in [2.05, 4.69) is 15.2 Å². The molecule has 0 amide bonds. The Labute approximate surface area is 333 Å². The fourth-order valence-corrected chi connectivity index (χ4v) is 7.62. The second-order valence-corrected chi connectivity index (χ2v) is 14.9. The maximum absolute atomic E-state index is 13.9. The average Bonchev–Trinajstić information content (AvgIpc) is 4.03. The number of ether oxygens (including phenoxy) is 5. The molecule has 1 unspecified atom stereocenters. The molecular weight excluding hydrogens is 771 g/mol. The number of carbonyl (C=O) groups excluding carboxylic acids is 2. The number of piperidine rings is 3. The number of benzene rings is 3. The Morgan fingerprint density at radius 3 is 2.29 bits per heavy atom. The molecule has 1 saturated carbocycles. The van der Waals surface area contributed by atoms with Crippen molar-refractivity contribution in [1.29, 1.82) is 0 Å². The van der Waals surface area contributed by atoms with Gasteiger partial charge in [0, 0.05) is 18.5 Å². The molecule has 0 spiro atoms. The van der Waals surface area contributed by atoms with E-state index in [9.17, 15) is 18.4 Å². The van der Waals surface area contributed by atoms with Gasteiger partial charge in [-0.25, -0.2) is 14.6 Å². The number of aromatic amines is 1. The Morgan fingerprint density at radius 2 is 1.64 bits per heavy atom. The smallest absolute Gasteiger partial charge is 0.387 e. The summed E-state index contributed by atoms with van der Waals surface area (Å²) in [5, 5.41) is 3.93.